The Labute approximate surface area is 111 Å². The number of hydrogen-bond acceptors (Lipinski definition) is 2. The Morgan fingerprint density at radius 1 is 1.33 bits per heavy atom. The summed E-state index contributed by atoms with van der Waals surface area (Å²) in [5.41, 5.74) is 9.93. The average molecular weight is 244 g/mol. The SMILES string of the molecule is CCC(C#N)C(N)c1ccc(C(C)(C)C)cc1C. The molecule has 2 nitrogen and oxygen atoms in total. The Morgan fingerprint density at radius 2 is 1.94 bits per heavy atom. The van der Waals surface area contributed by atoms with Crippen molar-refractivity contribution in [2.75, 3.05) is 0 Å². The molecule has 0 fully saturated rings. The lowest BCUT2D eigenvalue weighted by Gasteiger charge is -2.23. The minimum atomic E-state index is -0.186. The first kappa shape index (κ1) is 14.7. The summed E-state index contributed by atoms with van der Waals surface area (Å²) in [7, 11) is 0. The van der Waals surface area contributed by atoms with Crippen LogP contribution in [0, 0.1) is 24.2 Å². The summed E-state index contributed by atoms with van der Waals surface area (Å²) in [5.74, 6) is -0.107. The smallest absolute Gasteiger partial charge is 0.0675 e. The molecule has 0 aliphatic heterocycles. The maximum atomic E-state index is 9.10. The van der Waals surface area contributed by atoms with Crippen molar-refractivity contribution in [2.24, 2.45) is 11.7 Å². The second kappa shape index (κ2) is 5.54. The molecule has 0 aromatic heterocycles. The van der Waals surface area contributed by atoms with Gasteiger partial charge in [-0.15, -0.1) is 0 Å². The highest BCUT2D eigenvalue weighted by molar-refractivity contribution is 5.36. The first-order chi connectivity index (χ1) is 8.31. The van der Waals surface area contributed by atoms with E-state index in [2.05, 4.69) is 52.0 Å². The van der Waals surface area contributed by atoms with Crippen LogP contribution < -0.4 is 5.73 Å². The maximum absolute atomic E-state index is 9.10. The quantitative estimate of drug-likeness (QED) is 0.878. The molecule has 0 saturated carbocycles. The molecule has 0 radical (unpaired) electrons. The van der Waals surface area contributed by atoms with Gasteiger partial charge in [0.1, 0.15) is 0 Å². The standard InChI is InChI=1S/C16H24N2/c1-6-12(10-17)15(18)14-8-7-13(9-11(14)2)16(3,4)5/h7-9,12,15H,6,18H2,1-5H3. The molecule has 0 heterocycles. The summed E-state index contributed by atoms with van der Waals surface area (Å²) in [4.78, 5) is 0. The molecule has 0 bridgehead atoms. The molecule has 1 aromatic carbocycles. The molecular formula is C16H24N2. The number of aryl methyl sites for hydroxylation is 1. The molecular weight excluding hydrogens is 220 g/mol. The lowest BCUT2D eigenvalue weighted by atomic mass is 9.83. The number of rotatable bonds is 3. The lowest BCUT2D eigenvalue weighted by Crippen LogP contribution is -2.21. The van der Waals surface area contributed by atoms with Gasteiger partial charge in [-0.2, -0.15) is 5.26 Å². The van der Waals surface area contributed by atoms with E-state index in [9.17, 15) is 0 Å². The van der Waals surface area contributed by atoms with E-state index in [1.807, 2.05) is 6.92 Å². The van der Waals surface area contributed by atoms with Crippen molar-refractivity contribution in [3.8, 4) is 6.07 Å². The topological polar surface area (TPSA) is 49.8 Å². The average Bonchev–Trinajstić information content (AvgIpc) is 2.29. The van der Waals surface area contributed by atoms with E-state index in [4.69, 9.17) is 11.0 Å². The van der Waals surface area contributed by atoms with Crippen LogP contribution in [0.2, 0.25) is 0 Å². The summed E-state index contributed by atoms with van der Waals surface area (Å²) in [6, 6.07) is 8.52. The zero-order valence-electron chi connectivity index (χ0n) is 12.1. The fourth-order valence-electron chi connectivity index (χ4n) is 2.16. The summed E-state index contributed by atoms with van der Waals surface area (Å²) in [6.45, 7) is 10.7. The monoisotopic (exact) mass is 244 g/mol. The minimum absolute atomic E-state index is 0.107. The molecule has 2 atom stereocenters. The summed E-state index contributed by atoms with van der Waals surface area (Å²) >= 11 is 0. The molecule has 2 heteroatoms. The van der Waals surface area contributed by atoms with Gasteiger partial charge in [-0.25, -0.2) is 0 Å². The third-order valence-corrected chi connectivity index (χ3v) is 3.53. The fourth-order valence-corrected chi connectivity index (χ4v) is 2.16. The van der Waals surface area contributed by atoms with Crippen LogP contribution in [-0.4, -0.2) is 0 Å². The molecule has 1 aromatic rings. The molecule has 0 spiro atoms. The van der Waals surface area contributed by atoms with Gasteiger partial charge in [0.25, 0.3) is 0 Å². The van der Waals surface area contributed by atoms with Crippen LogP contribution in [0.1, 0.15) is 56.8 Å². The van der Waals surface area contributed by atoms with Gasteiger partial charge in [0.05, 0.1) is 12.0 Å². The van der Waals surface area contributed by atoms with Gasteiger partial charge in [-0.3, -0.25) is 0 Å². The van der Waals surface area contributed by atoms with Gasteiger partial charge in [0.2, 0.25) is 0 Å². The van der Waals surface area contributed by atoms with Gasteiger partial charge >= 0.3 is 0 Å². The summed E-state index contributed by atoms with van der Waals surface area (Å²) in [5, 5.41) is 9.10. The van der Waals surface area contributed by atoms with Gasteiger partial charge < -0.3 is 5.73 Å². The van der Waals surface area contributed by atoms with Crippen molar-refractivity contribution in [3.63, 3.8) is 0 Å². The van der Waals surface area contributed by atoms with E-state index in [0.29, 0.717) is 0 Å². The Hall–Kier alpha value is -1.33. The van der Waals surface area contributed by atoms with E-state index >= 15 is 0 Å². The van der Waals surface area contributed by atoms with Crippen LogP contribution in [0.5, 0.6) is 0 Å². The number of nitriles is 1. The van der Waals surface area contributed by atoms with Crippen molar-refractivity contribution in [2.45, 2.75) is 52.5 Å². The lowest BCUT2D eigenvalue weighted by molar-refractivity contribution is 0.514. The number of hydrogen-bond donors (Lipinski definition) is 1. The summed E-state index contributed by atoms with van der Waals surface area (Å²) in [6.07, 6.45) is 0.790. The molecule has 0 aliphatic carbocycles. The predicted octanol–water partition coefficient (Wildman–Crippen LogP) is 3.84. The van der Waals surface area contributed by atoms with Crippen LogP contribution in [0.3, 0.4) is 0 Å². The van der Waals surface area contributed by atoms with Gasteiger partial charge in [-0.1, -0.05) is 45.9 Å². The second-order valence-electron chi connectivity index (χ2n) is 5.99. The first-order valence-corrected chi connectivity index (χ1v) is 6.57. The third-order valence-electron chi connectivity index (χ3n) is 3.53. The Kier molecular flexibility index (Phi) is 4.53. The minimum Gasteiger partial charge on any atom is -0.323 e. The Bertz CT molecular complexity index is 449. The van der Waals surface area contributed by atoms with Crippen LogP contribution in [0.25, 0.3) is 0 Å². The molecule has 0 aliphatic rings. The molecule has 18 heavy (non-hydrogen) atoms. The molecule has 2 unspecified atom stereocenters. The van der Waals surface area contributed by atoms with E-state index < -0.39 is 0 Å². The highest BCUT2D eigenvalue weighted by atomic mass is 14.7. The van der Waals surface area contributed by atoms with Crippen molar-refractivity contribution >= 4 is 0 Å². The predicted molar refractivity (Wildman–Crippen MR) is 76.2 cm³/mol. The molecule has 0 amide bonds. The van der Waals surface area contributed by atoms with Gasteiger partial charge in [0.15, 0.2) is 0 Å². The summed E-state index contributed by atoms with van der Waals surface area (Å²) < 4.78 is 0. The van der Waals surface area contributed by atoms with Crippen molar-refractivity contribution in [1.82, 2.24) is 0 Å². The van der Waals surface area contributed by atoms with E-state index in [1.54, 1.807) is 0 Å². The van der Waals surface area contributed by atoms with Gasteiger partial charge in [0, 0.05) is 6.04 Å². The molecule has 0 saturated heterocycles. The maximum Gasteiger partial charge on any atom is 0.0675 e. The second-order valence-corrected chi connectivity index (χ2v) is 5.99. The molecule has 2 N–H and O–H groups in total. The van der Waals surface area contributed by atoms with E-state index in [1.165, 1.54) is 11.1 Å². The van der Waals surface area contributed by atoms with Gasteiger partial charge in [-0.05, 0) is 35.4 Å². The van der Waals surface area contributed by atoms with Crippen molar-refractivity contribution < 1.29 is 0 Å². The zero-order chi connectivity index (χ0) is 13.9. The van der Waals surface area contributed by atoms with Crippen LogP contribution in [0.15, 0.2) is 18.2 Å². The normalized spacial score (nSPS) is 14.9. The van der Waals surface area contributed by atoms with E-state index in [-0.39, 0.29) is 17.4 Å². The van der Waals surface area contributed by atoms with Crippen molar-refractivity contribution in [1.29, 1.82) is 5.26 Å². The fraction of sp³-hybridized carbons (Fsp3) is 0.562. The zero-order valence-corrected chi connectivity index (χ0v) is 12.1. The van der Waals surface area contributed by atoms with Crippen LogP contribution >= 0.6 is 0 Å². The molecule has 98 valence electrons. The largest absolute Gasteiger partial charge is 0.323 e. The molecule has 1 rings (SSSR count). The Morgan fingerprint density at radius 3 is 2.33 bits per heavy atom. The number of benzene rings is 1. The van der Waals surface area contributed by atoms with Crippen LogP contribution in [0.4, 0.5) is 0 Å². The number of nitrogens with two attached hydrogens (primary N) is 1. The highest BCUT2D eigenvalue weighted by Crippen LogP contribution is 2.29. The first-order valence-electron chi connectivity index (χ1n) is 6.57. The van der Waals surface area contributed by atoms with Crippen molar-refractivity contribution in [3.05, 3.63) is 34.9 Å². The van der Waals surface area contributed by atoms with E-state index in [0.717, 1.165) is 12.0 Å². The third kappa shape index (κ3) is 3.11. The van der Waals surface area contributed by atoms with Crippen LogP contribution in [-0.2, 0) is 5.41 Å². The highest BCUT2D eigenvalue weighted by Gasteiger charge is 2.21. The Balaban J connectivity index is 3.11. The number of nitrogens with zero attached hydrogens (tertiary/aromatic N) is 1.